The van der Waals surface area contributed by atoms with Gasteiger partial charge in [-0.05, 0) is 54.6 Å². The van der Waals surface area contributed by atoms with E-state index < -0.39 is 0 Å². The number of para-hydroxylation sites is 1. The number of carbonyl (C=O) groups is 1. The molecule has 150 valence electrons. The van der Waals surface area contributed by atoms with E-state index in [1.165, 1.54) is 0 Å². The number of halogens is 2. The van der Waals surface area contributed by atoms with Crippen molar-refractivity contribution in [1.29, 1.82) is 0 Å². The fourth-order valence-electron chi connectivity index (χ4n) is 2.40. The first-order valence-corrected chi connectivity index (χ1v) is 9.64. The molecule has 0 atom stereocenters. The number of anilines is 1. The van der Waals surface area contributed by atoms with E-state index in [0.29, 0.717) is 40.4 Å². The molecule has 0 aliphatic carbocycles. The first-order chi connectivity index (χ1) is 14.1. The van der Waals surface area contributed by atoms with Crippen molar-refractivity contribution in [3.8, 4) is 17.2 Å². The summed E-state index contributed by atoms with van der Waals surface area (Å²) in [6.45, 7) is 0.680. The first-order valence-electron chi connectivity index (χ1n) is 8.88. The molecular weight excluding hydrogens is 413 g/mol. The molecule has 5 nitrogen and oxygen atoms in total. The normalized spacial score (nSPS) is 10.3. The van der Waals surface area contributed by atoms with Crippen LogP contribution in [0, 0.1) is 0 Å². The monoisotopic (exact) mass is 431 g/mol. The van der Waals surface area contributed by atoms with Crippen LogP contribution in [0.25, 0.3) is 0 Å². The summed E-state index contributed by atoms with van der Waals surface area (Å²) in [6, 6.07) is 21.4. The molecule has 0 aliphatic heterocycles. The van der Waals surface area contributed by atoms with Crippen molar-refractivity contribution >= 4 is 34.8 Å². The van der Waals surface area contributed by atoms with Crippen molar-refractivity contribution < 1.29 is 19.0 Å². The third-order valence-corrected chi connectivity index (χ3v) is 4.29. The second-order valence-electron chi connectivity index (χ2n) is 5.95. The standard InChI is InChI=1S/C22H19Cl2NO4/c23-16-6-11-21(20(24)14-16)29-15-22(26)25-17-7-9-19(10-8-17)28-13-12-27-18-4-2-1-3-5-18/h1-11,14H,12-13,15H2,(H,25,26). The van der Waals surface area contributed by atoms with Crippen LogP contribution in [-0.4, -0.2) is 25.7 Å². The summed E-state index contributed by atoms with van der Waals surface area (Å²) in [7, 11) is 0. The van der Waals surface area contributed by atoms with E-state index in [9.17, 15) is 4.79 Å². The van der Waals surface area contributed by atoms with Crippen molar-refractivity contribution in [2.45, 2.75) is 0 Å². The van der Waals surface area contributed by atoms with Crippen LogP contribution in [0.1, 0.15) is 0 Å². The molecule has 0 saturated carbocycles. The molecule has 0 bridgehead atoms. The minimum atomic E-state index is -0.305. The van der Waals surface area contributed by atoms with E-state index in [4.69, 9.17) is 37.4 Å². The molecule has 0 radical (unpaired) electrons. The number of hydrogen-bond donors (Lipinski definition) is 1. The highest BCUT2D eigenvalue weighted by Crippen LogP contribution is 2.27. The zero-order valence-corrected chi connectivity index (χ0v) is 17.0. The zero-order chi connectivity index (χ0) is 20.5. The van der Waals surface area contributed by atoms with Crippen LogP contribution in [0.15, 0.2) is 72.8 Å². The molecular formula is C22H19Cl2NO4. The van der Waals surface area contributed by atoms with Gasteiger partial charge in [0, 0.05) is 10.7 Å². The van der Waals surface area contributed by atoms with Crippen molar-refractivity contribution in [3.05, 3.63) is 82.8 Å². The minimum absolute atomic E-state index is 0.170. The molecule has 1 amide bonds. The highest BCUT2D eigenvalue weighted by Gasteiger charge is 2.07. The Hall–Kier alpha value is -2.89. The molecule has 3 aromatic carbocycles. The number of nitrogens with one attached hydrogen (secondary N) is 1. The lowest BCUT2D eigenvalue weighted by Gasteiger charge is -2.10. The predicted octanol–water partition coefficient (Wildman–Crippen LogP) is 5.47. The number of benzene rings is 3. The van der Waals surface area contributed by atoms with E-state index in [0.717, 1.165) is 5.75 Å². The third kappa shape index (κ3) is 6.89. The Kier molecular flexibility index (Phi) is 7.61. The van der Waals surface area contributed by atoms with Crippen molar-refractivity contribution in [2.24, 2.45) is 0 Å². The summed E-state index contributed by atoms with van der Waals surface area (Å²) >= 11 is 11.8. The van der Waals surface area contributed by atoms with Gasteiger partial charge < -0.3 is 19.5 Å². The Balaban J connectivity index is 1.39. The maximum Gasteiger partial charge on any atom is 0.262 e. The third-order valence-electron chi connectivity index (χ3n) is 3.75. The van der Waals surface area contributed by atoms with Gasteiger partial charge in [-0.25, -0.2) is 0 Å². The molecule has 7 heteroatoms. The number of ether oxygens (including phenoxy) is 3. The highest BCUT2D eigenvalue weighted by atomic mass is 35.5. The average Bonchev–Trinajstić information content (AvgIpc) is 2.72. The molecule has 0 spiro atoms. The molecule has 0 saturated heterocycles. The number of hydrogen-bond acceptors (Lipinski definition) is 4. The Morgan fingerprint density at radius 3 is 2.10 bits per heavy atom. The predicted molar refractivity (Wildman–Crippen MR) is 114 cm³/mol. The lowest BCUT2D eigenvalue weighted by molar-refractivity contribution is -0.118. The summed E-state index contributed by atoms with van der Waals surface area (Å²) < 4.78 is 16.6. The Morgan fingerprint density at radius 2 is 1.45 bits per heavy atom. The van der Waals surface area contributed by atoms with Crippen LogP contribution in [0.5, 0.6) is 17.2 Å². The molecule has 0 aromatic heterocycles. The van der Waals surface area contributed by atoms with Crippen LogP contribution < -0.4 is 19.5 Å². The fraction of sp³-hybridized carbons (Fsp3) is 0.136. The van der Waals surface area contributed by atoms with Crippen LogP contribution >= 0.6 is 23.2 Å². The van der Waals surface area contributed by atoms with E-state index in [1.807, 2.05) is 30.3 Å². The SMILES string of the molecule is O=C(COc1ccc(Cl)cc1Cl)Nc1ccc(OCCOc2ccccc2)cc1. The van der Waals surface area contributed by atoms with Gasteiger partial charge in [-0.1, -0.05) is 41.4 Å². The van der Waals surface area contributed by atoms with Gasteiger partial charge in [0.2, 0.25) is 0 Å². The van der Waals surface area contributed by atoms with Crippen LogP contribution in [0.3, 0.4) is 0 Å². The van der Waals surface area contributed by atoms with Gasteiger partial charge >= 0.3 is 0 Å². The summed E-state index contributed by atoms with van der Waals surface area (Å²) in [5.74, 6) is 1.58. The van der Waals surface area contributed by atoms with Gasteiger partial charge in [0.05, 0.1) is 5.02 Å². The zero-order valence-electron chi connectivity index (χ0n) is 15.4. The van der Waals surface area contributed by atoms with E-state index in [2.05, 4.69) is 5.32 Å². The summed E-state index contributed by atoms with van der Waals surface area (Å²) in [5, 5.41) is 3.60. The van der Waals surface area contributed by atoms with Gasteiger partial charge in [0.25, 0.3) is 5.91 Å². The smallest absolute Gasteiger partial charge is 0.262 e. The highest BCUT2D eigenvalue weighted by molar-refractivity contribution is 6.35. The van der Waals surface area contributed by atoms with Crippen LogP contribution in [0.2, 0.25) is 10.0 Å². The lowest BCUT2D eigenvalue weighted by Crippen LogP contribution is -2.20. The van der Waals surface area contributed by atoms with E-state index in [-0.39, 0.29) is 12.5 Å². The Morgan fingerprint density at radius 1 is 0.793 bits per heavy atom. The quantitative estimate of drug-likeness (QED) is 0.456. The summed E-state index contributed by atoms with van der Waals surface area (Å²) in [4.78, 5) is 12.0. The van der Waals surface area contributed by atoms with Gasteiger partial charge in [0.15, 0.2) is 6.61 Å². The van der Waals surface area contributed by atoms with Gasteiger partial charge in [-0.3, -0.25) is 4.79 Å². The molecule has 0 unspecified atom stereocenters. The van der Waals surface area contributed by atoms with E-state index >= 15 is 0 Å². The van der Waals surface area contributed by atoms with Gasteiger partial charge in [-0.2, -0.15) is 0 Å². The molecule has 0 aliphatic rings. The number of rotatable bonds is 9. The maximum atomic E-state index is 12.0. The van der Waals surface area contributed by atoms with Crippen molar-refractivity contribution in [2.75, 3.05) is 25.1 Å². The molecule has 0 heterocycles. The maximum absolute atomic E-state index is 12.0. The summed E-state index contributed by atoms with van der Waals surface area (Å²) in [5.41, 5.74) is 0.633. The van der Waals surface area contributed by atoms with Crippen LogP contribution in [-0.2, 0) is 4.79 Å². The van der Waals surface area contributed by atoms with Gasteiger partial charge in [0.1, 0.15) is 30.5 Å². The first kappa shape index (κ1) is 20.8. The van der Waals surface area contributed by atoms with Crippen molar-refractivity contribution in [1.82, 2.24) is 0 Å². The topological polar surface area (TPSA) is 56.8 Å². The van der Waals surface area contributed by atoms with Crippen LogP contribution in [0.4, 0.5) is 5.69 Å². The minimum Gasteiger partial charge on any atom is -0.490 e. The average molecular weight is 432 g/mol. The Labute approximate surface area is 179 Å². The number of amides is 1. The Bertz CT molecular complexity index is 933. The largest absolute Gasteiger partial charge is 0.490 e. The molecule has 1 N–H and O–H groups in total. The van der Waals surface area contributed by atoms with Crippen molar-refractivity contribution in [3.63, 3.8) is 0 Å². The van der Waals surface area contributed by atoms with E-state index in [1.54, 1.807) is 42.5 Å². The van der Waals surface area contributed by atoms with Gasteiger partial charge in [-0.15, -0.1) is 0 Å². The fourth-order valence-corrected chi connectivity index (χ4v) is 2.87. The summed E-state index contributed by atoms with van der Waals surface area (Å²) in [6.07, 6.45) is 0. The lowest BCUT2D eigenvalue weighted by atomic mass is 10.3. The second-order valence-corrected chi connectivity index (χ2v) is 6.79. The number of carbonyl (C=O) groups excluding carboxylic acids is 1. The molecule has 3 aromatic rings. The molecule has 0 fully saturated rings. The second kappa shape index (κ2) is 10.6. The molecule has 29 heavy (non-hydrogen) atoms. The molecule has 3 rings (SSSR count).